The summed E-state index contributed by atoms with van der Waals surface area (Å²) in [5.41, 5.74) is 0. The van der Waals surface area contributed by atoms with Crippen molar-refractivity contribution in [2.45, 2.75) is 30.7 Å². The molecule has 0 radical (unpaired) electrons. The van der Waals surface area contributed by atoms with Gasteiger partial charge in [-0.05, 0) is 25.8 Å². The van der Waals surface area contributed by atoms with Crippen molar-refractivity contribution < 1.29 is 17.9 Å². The van der Waals surface area contributed by atoms with Crippen molar-refractivity contribution in [3.8, 4) is 0 Å². The predicted octanol–water partition coefficient (Wildman–Crippen LogP) is 1.89. The Morgan fingerprint density at radius 2 is 2.11 bits per heavy atom. The second-order valence-electron chi connectivity index (χ2n) is 4.33. The molecule has 0 bridgehead atoms. The highest BCUT2D eigenvalue weighted by molar-refractivity contribution is 8.13. The summed E-state index contributed by atoms with van der Waals surface area (Å²) in [5, 5.41) is 2.88. The van der Waals surface area contributed by atoms with E-state index in [1.165, 1.54) is 6.07 Å². The predicted molar refractivity (Wildman–Crippen MR) is 73.4 cm³/mol. The zero-order valence-corrected chi connectivity index (χ0v) is 12.7. The molecule has 1 N–H and O–H groups in total. The lowest BCUT2D eigenvalue weighted by atomic mass is 10.1. The maximum atomic E-state index is 12.0. The number of rotatable bonds is 3. The van der Waals surface area contributed by atoms with E-state index in [0.717, 1.165) is 24.2 Å². The van der Waals surface area contributed by atoms with Crippen molar-refractivity contribution in [1.29, 1.82) is 0 Å². The zero-order chi connectivity index (χ0) is 14.0. The van der Waals surface area contributed by atoms with Crippen LogP contribution >= 0.6 is 22.0 Å². The molecule has 1 amide bonds. The van der Waals surface area contributed by atoms with E-state index >= 15 is 0 Å². The van der Waals surface area contributed by atoms with Crippen LogP contribution in [0, 0.1) is 6.92 Å². The highest BCUT2D eigenvalue weighted by Gasteiger charge is 2.22. The Labute approximate surface area is 120 Å². The molecule has 0 aromatic carbocycles. The van der Waals surface area contributed by atoms with Crippen LogP contribution in [0.1, 0.15) is 27.4 Å². The van der Waals surface area contributed by atoms with Crippen LogP contribution in [-0.2, 0) is 13.8 Å². The molecule has 0 spiro atoms. The van der Waals surface area contributed by atoms with Gasteiger partial charge in [0.2, 0.25) is 0 Å². The molecule has 1 aliphatic rings. The number of aryl methyl sites for hydroxylation is 1. The van der Waals surface area contributed by atoms with Gasteiger partial charge in [0.15, 0.2) is 0 Å². The van der Waals surface area contributed by atoms with Crippen molar-refractivity contribution in [3.63, 3.8) is 0 Å². The van der Waals surface area contributed by atoms with E-state index in [1.54, 1.807) is 6.92 Å². The number of ether oxygens (including phenoxy) is 1. The summed E-state index contributed by atoms with van der Waals surface area (Å²) in [6.45, 7) is 2.90. The Balaban J connectivity index is 2.11. The molecule has 1 saturated heterocycles. The van der Waals surface area contributed by atoms with Crippen molar-refractivity contribution in [2.24, 2.45) is 0 Å². The molecule has 8 heteroatoms. The number of nitrogens with one attached hydrogen (secondary N) is 1. The Kier molecular flexibility index (Phi) is 4.50. The van der Waals surface area contributed by atoms with Gasteiger partial charge in [0, 0.05) is 34.8 Å². The second kappa shape index (κ2) is 5.78. The average Bonchev–Trinajstić information content (AvgIpc) is 2.72. The molecule has 1 fully saturated rings. The number of carbonyl (C=O) groups excluding carboxylic acids is 1. The topological polar surface area (TPSA) is 72.5 Å². The number of thiophene rings is 1. The first-order valence-electron chi connectivity index (χ1n) is 5.81. The molecule has 2 heterocycles. The van der Waals surface area contributed by atoms with Gasteiger partial charge >= 0.3 is 0 Å². The van der Waals surface area contributed by atoms with Crippen LogP contribution in [0.3, 0.4) is 0 Å². The lowest BCUT2D eigenvalue weighted by Gasteiger charge is -2.22. The van der Waals surface area contributed by atoms with Gasteiger partial charge in [0.1, 0.15) is 0 Å². The zero-order valence-electron chi connectivity index (χ0n) is 10.3. The standard InChI is InChI=1S/C11H14ClNO4S2/c1-7-10(19(12,15)16)6-9(18-7)11(14)13-8-2-4-17-5-3-8/h6,8H,2-5H2,1H3,(H,13,14). The number of hydrogen-bond donors (Lipinski definition) is 1. The molecule has 1 aromatic rings. The van der Waals surface area contributed by atoms with Crippen LogP contribution in [0.15, 0.2) is 11.0 Å². The van der Waals surface area contributed by atoms with E-state index < -0.39 is 9.05 Å². The Morgan fingerprint density at radius 1 is 1.47 bits per heavy atom. The van der Waals surface area contributed by atoms with Gasteiger partial charge in [-0.15, -0.1) is 11.3 Å². The fraction of sp³-hybridized carbons (Fsp3) is 0.545. The first kappa shape index (κ1) is 14.8. The van der Waals surface area contributed by atoms with Gasteiger partial charge in [-0.3, -0.25) is 4.79 Å². The molecule has 5 nitrogen and oxygen atoms in total. The Bertz CT molecular complexity index is 576. The fourth-order valence-electron chi connectivity index (χ4n) is 1.92. The van der Waals surface area contributed by atoms with Gasteiger partial charge in [-0.1, -0.05) is 0 Å². The van der Waals surface area contributed by atoms with Crippen LogP contribution < -0.4 is 5.32 Å². The molecule has 1 aromatic heterocycles. The van der Waals surface area contributed by atoms with E-state index in [1.807, 2.05) is 0 Å². The number of hydrogen-bond acceptors (Lipinski definition) is 5. The number of amides is 1. The lowest BCUT2D eigenvalue weighted by Crippen LogP contribution is -2.38. The molecular weight excluding hydrogens is 310 g/mol. The summed E-state index contributed by atoms with van der Waals surface area (Å²) in [7, 11) is 1.51. The smallest absolute Gasteiger partial charge is 0.262 e. The minimum Gasteiger partial charge on any atom is -0.381 e. The Morgan fingerprint density at radius 3 is 2.63 bits per heavy atom. The van der Waals surface area contributed by atoms with E-state index in [2.05, 4.69) is 5.32 Å². The summed E-state index contributed by atoms with van der Waals surface area (Å²) in [6, 6.07) is 1.41. The van der Waals surface area contributed by atoms with Crippen molar-refractivity contribution in [2.75, 3.05) is 13.2 Å². The quantitative estimate of drug-likeness (QED) is 0.862. The van der Waals surface area contributed by atoms with Gasteiger partial charge < -0.3 is 10.1 Å². The third-order valence-electron chi connectivity index (χ3n) is 2.92. The first-order valence-corrected chi connectivity index (χ1v) is 8.94. The minimum atomic E-state index is -3.80. The summed E-state index contributed by atoms with van der Waals surface area (Å²) in [4.78, 5) is 12.9. The Hall–Kier alpha value is -0.630. The maximum Gasteiger partial charge on any atom is 0.262 e. The summed E-state index contributed by atoms with van der Waals surface area (Å²) >= 11 is 1.13. The van der Waals surface area contributed by atoms with Crippen molar-refractivity contribution >= 4 is 37.0 Å². The third kappa shape index (κ3) is 3.68. The van der Waals surface area contributed by atoms with E-state index in [-0.39, 0.29) is 16.8 Å². The molecule has 0 aliphatic carbocycles. The maximum absolute atomic E-state index is 12.0. The largest absolute Gasteiger partial charge is 0.381 e. The van der Waals surface area contributed by atoms with Gasteiger partial charge in [-0.25, -0.2) is 8.42 Å². The van der Waals surface area contributed by atoms with E-state index in [9.17, 15) is 13.2 Å². The number of halogens is 1. The lowest BCUT2D eigenvalue weighted by molar-refractivity contribution is 0.0698. The molecular formula is C11H14ClNO4S2. The molecule has 0 unspecified atom stereocenters. The highest BCUT2D eigenvalue weighted by atomic mass is 35.7. The van der Waals surface area contributed by atoms with Crippen LogP contribution in [0.4, 0.5) is 0 Å². The molecule has 1 aliphatic heterocycles. The summed E-state index contributed by atoms with van der Waals surface area (Å²) in [5.74, 6) is -0.258. The normalized spacial score (nSPS) is 17.4. The van der Waals surface area contributed by atoms with E-state index in [4.69, 9.17) is 15.4 Å². The third-order valence-corrected chi connectivity index (χ3v) is 5.54. The van der Waals surface area contributed by atoms with Crippen LogP contribution in [0.25, 0.3) is 0 Å². The average molecular weight is 324 g/mol. The number of carbonyl (C=O) groups is 1. The van der Waals surface area contributed by atoms with Crippen molar-refractivity contribution in [3.05, 3.63) is 15.8 Å². The van der Waals surface area contributed by atoms with Crippen molar-refractivity contribution in [1.82, 2.24) is 5.32 Å². The second-order valence-corrected chi connectivity index (χ2v) is 8.12. The molecule has 2 rings (SSSR count). The fourth-order valence-corrected chi connectivity index (χ4v) is 4.48. The molecule has 106 valence electrons. The van der Waals surface area contributed by atoms with E-state index in [0.29, 0.717) is 23.0 Å². The summed E-state index contributed by atoms with van der Waals surface area (Å²) < 4.78 is 27.8. The highest BCUT2D eigenvalue weighted by Crippen LogP contribution is 2.28. The van der Waals surface area contributed by atoms with Gasteiger partial charge in [0.05, 0.1) is 9.77 Å². The molecule has 0 atom stereocenters. The van der Waals surface area contributed by atoms with Crippen LogP contribution in [0.2, 0.25) is 0 Å². The molecule has 19 heavy (non-hydrogen) atoms. The SMILES string of the molecule is Cc1sc(C(=O)NC2CCOCC2)cc1S(=O)(=O)Cl. The van der Waals surface area contributed by atoms with Crippen LogP contribution in [-0.4, -0.2) is 33.6 Å². The first-order chi connectivity index (χ1) is 8.88. The van der Waals surface area contributed by atoms with Gasteiger partial charge in [-0.2, -0.15) is 0 Å². The monoisotopic (exact) mass is 323 g/mol. The van der Waals surface area contributed by atoms with Crippen LogP contribution in [0.5, 0.6) is 0 Å². The summed E-state index contributed by atoms with van der Waals surface area (Å²) in [6.07, 6.45) is 1.55. The van der Waals surface area contributed by atoms with Gasteiger partial charge in [0.25, 0.3) is 15.0 Å². The minimum absolute atomic E-state index is 0.0105. The molecule has 0 saturated carbocycles.